The van der Waals surface area contributed by atoms with Gasteiger partial charge in [0.05, 0.1) is 17.7 Å². The van der Waals surface area contributed by atoms with Crippen LogP contribution in [-0.2, 0) is 17.1 Å². The number of amides is 2. The first-order valence-corrected chi connectivity index (χ1v) is 8.20. The molecule has 2 amide bonds. The van der Waals surface area contributed by atoms with Crippen LogP contribution in [0.15, 0.2) is 42.5 Å². The minimum Gasteiger partial charge on any atom is -0.434 e. The minimum atomic E-state index is -5.04. The Labute approximate surface area is 165 Å². The van der Waals surface area contributed by atoms with Crippen molar-refractivity contribution in [1.82, 2.24) is 0 Å². The van der Waals surface area contributed by atoms with Crippen molar-refractivity contribution in [3.63, 3.8) is 0 Å². The number of alkyl halides is 6. The molecule has 2 rings (SSSR count). The van der Waals surface area contributed by atoms with Gasteiger partial charge in [0.25, 0.3) is 0 Å². The molecule has 0 spiro atoms. The van der Waals surface area contributed by atoms with Gasteiger partial charge in [-0.05, 0) is 49.4 Å². The summed E-state index contributed by atoms with van der Waals surface area (Å²) < 4.78 is 86.5. The zero-order valence-corrected chi connectivity index (χ0v) is 15.1. The van der Waals surface area contributed by atoms with Crippen LogP contribution in [0.4, 0.5) is 47.3 Å². The first-order valence-electron chi connectivity index (χ1n) is 8.20. The first-order chi connectivity index (χ1) is 13.9. The van der Waals surface area contributed by atoms with E-state index in [0.29, 0.717) is 12.1 Å². The Morgan fingerprint density at radius 1 is 0.833 bits per heavy atom. The quantitative estimate of drug-likeness (QED) is 0.355. The number of halogens is 6. The van der Waals surface area contributed by atoms with E-state index < -0.39 is 41.4 Å². The summed E-state index contributed by atoms with van der Waals surface area (Å²) in [4.78, 5) is 23.2. The Bertz CT molecular complexity index is 878. The molecule has 0 aliphatic carbocycles. The van der Waals surface area contributed by atoms with Gasteiger partial charge in [-0.1, -0.05) is 0 Å². The predicted molar refractivity (Wildman–Crippen MR) is 93.2 cm³/mol. The number of anilines is 2. The maximum Gasteiger partial charge on any atom is 0.513 e. The predicted octanol–water partition coefficient (Wildman–Crippen LogP) is 5.90. The maximum atomic E-state index is 12.9. The van der Waals surface area contributed by atoms with Crippen LogP contribution in [0.5, 0.6) is 5.75 Å². The summed E-state index contributed by atoms with van der Waals surface area (Å²) >= 11 is 0. The van der Waals surface area contributed by atoms with Crippen molar-refractivity contribution in [2.24, 2.45) is 0 Å². The smallest absolute Gasteiger partial charge is 0.434 e. The number of hydrogen-bond donors (Lipinski definition) is 2. The molecule has 0 unspecified atom stereocenters. The lowest BCUT2D eigenvalue weighted by Gasteiger charge is -2.15. The summed E-state index contributed by atoms with van der Waals surface area (Å²) in [5, 5.41) is 4.15. The van der Waals surface area contributed by atoms with Gasteiger partial charge in [-0.2, -0.15) is 26.3 Å². The van der Waals surface area contributed by atoms with E-state index in [4.69, 9.17) is 4.74 Å². The van der Waals surface area contributed by atoms with E-state index in [9.17, 15) is 35.9 Å². The van der Waals surface area contributed by atoms with Gasteiger partial charge in [0.1, 0.15) is 5.75 Å². The highest BCUT2D eigenvalue weighted by molar-refractivity contribution is 5.99. The van der Waals surface area contributed by atoms with Gasteiger partial charge >= 0.3 is 24.5 Å². The molecule has 0 bridgehead atoms. The Balaban J connectivity index is 2.11. The first kappa shape index (κ1) is 22.8. The lowest BCUT2D eigenvalue weighted by molar-refractivity contribution is -0.143. The zero-order chi connectivity index (χ0) is 22.5. The van der Waals surface area contributed by atoms with E-state index in [1.807, 2.05) is 5.32 Å². The van der Waals surface area contributed by atoms with E-state index in [1.165, 1.54) is 24.3 Å². The van der Waals surface area contributed by atoms with E-state index in [1.54, 1.807) is 6.92 Å². The normalized spacial score (nSPS) is 11.6. The van der Waals surface area contributed by atoms with Crippen LogP contribution in [0.2, 0.25) is 0 Å². The second-order valence-corrected chi connectivity index (χ2v) is 5.68. The SMILES string of the molecule is CCOC(=O)Oc1ccc(NC(=O)Nc2cc(C(F)(F)F)cc(C(F)(F)F)c2)cc1. The number of hydrogen-bond acceptors (Lipinski definition) is 4. The molecule has 0 saturated heterocycles. The molecular weight excluding hydrogens is 422 g/mol. The van der Waals surface area contributed by atoms with Crippen molar-refractivity contribution >= 4 is 23.6 Å². The fourth-order valence-corrected chi connectivity index (χ4v) is 2.17. The van der Waals surface area contributed by atoms with Crippen LogP contribution in [0.25, 0.3) is 0 Å². The third-order valence-corrected chi connectivity index (χ3v) is 3.42. The number of rotatable bonds is 4. The third-order valence-electron chi connectivity index (χ3n) is 3.42. The summed E-state index contributed by atoms with van der Waals surface area (Å²) in [7, 11) is 0. The number of ether oxygens (including phenoxy) is 2. The largest absolute Gasteiger partial charge is 0.513 e. The third kappa shape index (κ3) is 6.57. The Morgan fingerprint density at radius 3 is 1.80 bits per heavy atom. The molecule has 6 nitrogen and oxygen atoms in total. The van der Waals surface area contributed by atoms with Crippen molar-refractivity contribution in [3.05, 3.63) is 53.6 Å². The number of carbonyl (C=O) groups is 2. The second-order valence-electron chi connectivity index (χ2n) is 5.68. The van der Waals surface area contributed by atoms with Crippen LogP contribution in [-0.4, -0.2) is 18.8 Å². The number of urea groups is 1. The molecule has 12 heteroatoms. The van der Waals surface area contributed by atoms with E-state index in [-0.39, 0.29) is 24.1 Å². The monoisotopic (exact) mass is 436 g/mol. The molecule has 0 heterocycles. The van der Waals surface area contributed by atoms with Crippen LogP contribution in [0.3, 0.4) is 0 Å². The summed E-state index contributed by atoms with van der Waals surface area (Å²) in [6, 6.07) is 4.79. The van der Waals surface area contributed by atoms with E-state index >= 15 is 0 Å². The lowest BCUT2D eigenvalue weighted by atomic mass is 10.1. The summed E-state index contributed by atoms with van der Waals surface area (Å²) in [5.41, 5.74) is -3.69. The lowest BCUT2D eigenvalue weighted by Crippen LogP contribution is -2.20. The van der Waals surface area contributed by atoms with Crippen LogP contribution in [0.1, 0.15) is 18.1 Å². The molecule has 30 heavy (non-hydrogen) atoms. The van der Waals surface area contributed by atoms with Crippen molar-refractivity contribution in [1.29, 1.82) is 0 Å². The Morgan fingerprint density at radius 2 is 1.33 bits per heavy atom. The van der Waals surface area contributed by atoms with Crippen molar-refractivity contribution in [3.8, 4) is 5.75 Å². The molecule has 0 radical (unpaired) electrons. The Hall–Kier alpha value is -3.44. The van der Waals surface area contributed by atoms with Crippen LogP contribution in [0, 0.1) is 0 Å². The Kier molecular flexibility index (Phi) is 6.80. The highest BCUT2D eigenvalue weighted by atomic mass is 19.4. The summed E-state index contributed by atoms with van der Waals surface area (Å²) in [5.74, 6) is 0.0899. The molecule has 0 fully saturated rings. The summed E-state index contributed by atoms with van der Waals surface area (Å²) in [6.07, 6.45) is -11.0. The highest BCUT2D eigenvalue weighted by Gasteiger charge is 2.37. The molecule has 2 N–H and O–H groups in total. The highest BCUT2D eigenvalue weighted by Crippen LogP contribution is 2.37. The van der Waals surface area contributed by atoms with Gasteiger partial charge in [0.15, 0.2) is 0 Å². The molecule has 2 aromatic carbocycles. The summed E-state index contributed by atoms with van der Waals surface area (Å²) in [6.45, 7) is 1.68. The van der Waals surface area contributed by atoms with Gasteiger partial charge in [-0.15, -0.1) is 0 Å². The zero-order valence-electron chi connectivity index (χ0n) is 15.1. The topological polar surface area (TPSA) is 76.7 Å². The average Bonchev–Trinajstić information content (AvgIpc) is 2.62. The number of nitrogens with one attached hydrogen (secondary N) is 2. The molecular formula is C18H14F6N2O4. The fraction of sp³-hybridized carbons (Fsp3) is 0.222. The molecule has 0 aliphatic heterocycles. The molecule has 0 atom stereocenters. The standard InChI is InChI=1S/C18H14F6N2O4/c1-2-29-16(28)30-14-5-3-12(4-6-14)25-15(27)26-13-8-10(17(19,20)21)7-11(9-13)18(22,23)24/h3-9H,2H2,1H3,(H2,25,26,27). The van der Waals surface area contributed by atoms with Gasteiger partial charge in [-0.3, -0.25) is 0 Å². The van der Waals surface area contributed by atoms with Gasteiger partial charge in [-0.25, -0.2) is 9.59 Å². The van der Waals surface area contributed by atoms with E-state index in [2.05, 4.69) is 10.1 Å². The molecule has 162 valence electrons. The molecule has 2 aromatic rings. The molecule has 0 aromatic heterocycles. The number of benzene rings is 2. The van der Waals surface area contributed by atoms with Crippen LogP contribution >= 0.6 is 0 Å². The van der Waals surface area contributed by atoms with E-state index in [0.717, 1.165) is 0 Å². The van der Waals surface area contributed by atoms with Crippen molar-refractivity contribution in [2.45, 2.75) is 19.3 Å². The average molecular weight is 436 g/mol. The van der Waals surface area contributed by atoms with Crippen LogP contribution < -0.4 is 15.4 Å². The second kappa shape index (κ2) is 8.93. The molecule has 0 saturated carbocycles. The van der Waals surface area contributed by atoms with Crippen molar-refractivity contribution in [2.75, 3.05) is 17.2 Å². The minimum absolute atomic E-state index is 0.0502. The fourth-order valence-electron chi connectivity index (χ4n) is 2.17. The van der Waals surface area contributed by atoms with Gasteiger partial charge in [0.2, 0.25) is 0 Å². The maximum absolute atomic E-state index is 12.9. The molecule has 0 aliphatic rings. The number of carbonyl (C=O) groups excluding carboxylic acids is 2. The van der Waals surface area contributed by atoms with Crippen molar-refractivity contribution < 1.29 is 45.4 Å². The van der Waals surface area contributed by atoms with Gasteiger partial charge < -0.3 is 20.1 Å². The van der Waals surface area contributed by atoms with Gasteiger partial charge in [0, 0.05) is 11.4 Å².